The molecule has 1 unspecified atom stereocenters. The van der Waals surface area contributed by atoms with Crippen molar-refractivity contribution in [2.24, 2.45) is 5.73 Å². The van der Waals surface area contributed by atoms with Crippen LogP contribution < -0.4 is 15.8 Å². The smallest absolute Gasteiger partial charge is 0.252 e. The van der Waals surface area contributed by atoms with Crippen LogP contribution in [0.15, 0.2) is 18.2 Å². The van der Waals surface area contributed by atoms with Gasteiger partial charge in [0.25, 0.3) is 5.91 Å². The fourth-order valence-electron chi connectivity index (χ4n) is 2.83. The predicted molar refractivity (Wildman–Crippen MR) is 80.3 cm³/mol. The summed E-state index contributed by atoms with van der Waals surface area (Å²) in [5.74, 6) is 0.757. The van der Waals surface area contributed by atoms with E-state index >= 15 is 0 Å². The van der Waals surface area contributed by atoms with E-state index in [9.17, 15) is 9.59 Å². The zero-order chi connectivity index (χ0) is 15.7. The fourth-order valence-corrected chi connectivity index (χ4v) is 2.83. The summed E-state index contributed by atoms with van der Waals surface area (Å²) in [6.07, 6.45) is 4.00. The first-order valence-electron chi connectivity index (χ1n) is 7.22. The van der Waals surface area contributed by atoms with E-state index in [-0.39, 0.29) is 11.9 Å². The summed E-state index contributed by atoms with van der Waals surface area (Å²) in [7, 11) is 1.50. The molecule has 3 rings (SSSR count). The van der Waals surface area contributed by atoms with Crippen LogP contribution in [0.1, 0.15) is 34.3 Å². The van der Waals surface area contributed by atoms with Crippen LogP contribution in [0.5, 0.6) is 5.75 Å². The molecule has 6 nitrogen and oxygen atoms in total. The molecule has 2 amide bonds. The molecule has 1 heterocycles. The van der Waals surface area contributed by atoms with Crippen LogP contribution in [0.3, 0.4) is 0 Å². The van der Waals surface area contributed by atoms with Crippen LogP contribution in [0.25, 0.3) is 5.76 Å². The quantitative estimate of drug-likeness (QED) is 0.848. The monoisotopic (exact) mass is 302 g/mol. The maximum absolute atomic E-state index is 11.4. The number of primary amides is 1. The van der Waals surface area contributed by atoms with Crippen molar-refractivity contribution in [3.05, 3.63) is 34.9 Å². The lowest BCUT2D eigenvalue weighted by Crippen LogP contribution is -2.29. The van der Waals surface area contributed by atoms with Crippen molar-refractivity contribution in [2.45, 2.75) is 25.3 Å². The Balaban J connectivity index is 1.76. The zero-order valence-corrected chi connectivity index (χ0v) is 12.3. The Morgan fingerprint density at radius 2 is 2.27 bits per heavy atom. The number of amides is 2. The summed E-state index contributed by atoms with van der Waals surface area (Å²) in [5, 5.41) is 2.87. The molecule has 0 bridgehead atoms. The minimum Gasteiger partial charge on any atom is -0.496 e. The molecule has 1 aliphatic heterocycles. The molecule has 3 N–H and O–H groups in total. The molecule has 1 fully saturated rings. The average Bonchev–Trinajstić information content (AvgIpc) is 3.09. The zero-order valence-electron chi connectivity index (χ0n) is 12.3. The molecular formula is C16H18N2O4. The molecule has 116 valence electrons. The lowest BCUT2D eigenvalue weighted by atomic mass is 10.0. The standard InChI is InChI=1S/C16H18N2O4/c1-21-14-7-11-9(6-12(14)16(17)20)2-4-13(11)22-8-10-3-5-15(19)18-10/h4,6-7,10H,2-3,5,8H2,1H3,(H2,17,20)(H,18,19). The number of hydrogen-bond donors (Lipinski definition) is 2. The van der Waals surface area contributed by atoms with Crippen LogP contribution in [0, 0.1) is 0 Å². The normalized spacial score (nSPS) is 19.4. The summed E-state index contributed by atoms with van der Waals surface area (Å²) >= 11 is 0. The van der Waals surface area contributed by atoms with Crippen molar-refractivity contribution < 1.29 is 19.1 Å². The summed E-state index contributed by atoms with van der Waals surface area (Å²) in [5.41, 5.74) is 7.63. The Morgan fingerprint density at radius 1 is 1.45 bits per heavy atom. The third-order valence-electron chi connectivity index (χ3n) is 3.99. The number of carbonyl (C=O) groups is 2. The van der Waals surface area contributed by atoms with Crippen LogP contribution >= 0.6 is 0 Å². The van der Waals surface area contributed by atoms with Crippen molar-refractivity contribution in [3.63, 3.8) is 0 Å². The third-order valence-corrected chi connectivity index (χ3v) is 3.99. The lowest BCUT2D eigenvalue weighted by molar-refractivity contribution is -0.119. The van der Waals surface area contributed by atoms with Gasteiger partial charge in [0.1, 0.15) is 18.1 Å². The lowest BCUT2D eigenvalue weighted by Gasteiger charge is -2.15. The third kappa shape index (κ3) is 2.64. The number of nitrogens with one attached hydrogen (secondary N) is 1. The summed E-state index contributed by atoms with van der Waals surface area (Å²) in [4.78, 5) is 22.6. The van der Waals surface area contributed by atoms with E-state index < -0.39 is 5.91 Å². The molecule has 0 radical (unpaired) electrons. The van der Waals surface area contributed by atoms with Gasteiger partial charge in [-0.05, 0) is 36.6 Å². The van der Waals surface area contributed by atoms with E-state index in [2.05, 4.69) is 5.32 Å². The second-order valence-electron chi connectivity index (χ2n) is 5.46. The highest BCUT2D eigenvalue weighted by Crippen LogP contribution is 2.34. The number of ether oxygens (including phenoxy) is 2. The first-order valence-corrected chi connectivity index (χ1v) is 7.22. The maximum Gasteiger partial charge on any atom is 0.252 e. The highest BCUT2D eigenvalue weighted by atomic mass is 16.5. The number of nitrogens with two attached hydrogens (primary N) is 1. The highest BCUT2D eigenvalue weighted by molar-refractivity contribution is 5.96. The van der Waals surface area contributed by atoms with Gasteiger partial charge in [0.05, 0.1) is 18.7 Å². The second kappa shape index (κ2) is 5.71. The van der Waals surface area contributed by atoms with E-state index in [0.29, 0.717) is 30.8 Å². The number of hydrogen-bond acceptors (Lipinski definition) is 4. The Kier molecular flexibility index (Phi) is 3.75. The van der Waals surface area contributed by atoms with Crippen molar-refractivity contribution in [2.75, 3.05) is 13.7 Å². The first-order chi connectivity index (χ1) is 10.6. The van der Waals surface area contributed by atoms with Gasteiger partial charge in [0.2, 0.25) is 5.91 Å². The van der Waals surface area contributed by atoms with Crippen LogP contribution in [-0.2, 0) is 16.0 Å². The summed E-state index contributed by atoms with van der Waals surface area (Å²) < 4.78 is 11.1. The number of fused-ring (bicyclic) bond motifs is 1. The summed E-state index contributed by atoms with van der Waals surface area (Å²) in [6, 6.07) is 3.59. The van der Waals surface area contributed by atoms with Gasteiger partial charge in [-0.1, -0.05) is 0 Å². The Labute approximate surface area is 128 Å². The van der Waals surface area contributed by atoms with Gasteiger partial charge in [-0.15, -0.1) is 0 Å². The highest BCUT2D eigenvalue weighted by Gasteiger charge is 2.24. The Hall–Kier alpha value is -2.50. The number of carbonyl (C=O) groups excluding carboxylic acids is 2. The van der Waals surface area contributed by atoms with Gasteiger partial charge in [0.15, 0.2) is 0 Å². The van der Waals surface area contributed by atoms with Crippen LogP contribution in [0.2, 0.25) is 0 Å². The van der Waals surface area contributed by atoms with Crippen molar-refractivity contribution in [3.8, 4) is 5.75 Å². The molecule has 0 aromatic heterocycles. The van der Waals surface area contributed by atoms with Crippen molar-refractivity contribution in [1.82, 2.24) is 5.32 Å². The molecule has 1 aliphatic carbocycles. The number of benzene rings is 1. The van der Waals surface area contributed by atoms with Gasteiger partial charge in [-0.2, -0.15) is 0 Å². The largest absolute Gasteiger partial charge is 0.496 e. The topological polar surface area (TPSA) is 90.7 Å². The van der Waals surface area contributed by atoms with E-state index in [1.54, 1.807) is 12.1 Å². The molecule has 0 saturated carbocycles. The first kappa shape index (κ1) is 14.4. The van der Waals surface area contributed by atoms with Gasteiger partial charge in [0, 0.05) is 12.0 Å². The Morgan fingerprint density at radius 3 is 2.91 bits per heavy atom. The van der Waals surface area contributed by atoms with Gasteiger partial charge < -0.3 is 20.5 Å². The molecule has 6 heteroatoms. The van der Waals surface area contributed by atoms with Gasteiger partial charge >= 0.3 is 0 Å². The van der Waals surface area contributed by atoms with Crippen molar-refractivity contribution in [1.29, 1.82) is 0 Å². The minimum absolute atomic E-state index is 0.0595. The molecule has 0 spiro atoms. The van der Waals surface area contributed by atoms with Gasteiger partial charge in [-0.25, -0.2) is 0 Å². The van der Waals surface area contributed by atoms with E-state index in [1.807, 2.05) is 6.08 Å². The van der Waals surface area contributed by atoms with E-state index in [1.165, 1.54) is 7.11 Å². The van der Waals surface area contributed by atoms with E-state index in [0.717, 1.165) is 23.3 Å². The number of methoxy groups -OCH3 is 1. The SMILES string of the molecule is COc1cc2c(cc1C(N)=O)CC=C2OCC1CCC(=O)N1. The predicted octanol–water partition coefficient (Wildman–Crippen LogP) is 0.986. The van der Waals surface area contributed by atoms with E-state index in [4.69, 9.17) is 15.2 Å². The molecule has 2 aliphatic rings. The number of allylic oxidation sites excluding steroid dienone is 1. The molecule has 1 atom stereocenters. The Bertz CT molecular complexity index is 666. The van der Waals surface area contributed by atoms with Gasteiger partial charge in [-0.3, -0.25) is 9.59 Å². The van der Waals surface area contributed by atoms with Crippen LogP contribution in [0.4, 0.5) is 0 Å². The van der Waals surface area contributed by atoms with Crippen molar-refractivity contribution >= 4 is 17.6 Å². The maximum atomic E-state index is 11.4. The summed E-state index contributed by atoms with van der Waals surface area (Å²) in [6.45, 7) is 0.441. The molecule has 1 saturated heterocycles. The number of rotatable bonds is 5. The average molecular weight is 302 g/mol. The molecule has 22 heavy (non-hydrogen) atoms. The second-order valence-corrected chi connectivity index (χ2v) is 5.46. The minimum atomic E-state index is -0.511. The molecular weight excluding hydrogens is 284 g/mol. The molecule has 1 aromatic carbocycles. The fraction of sp³-hybridized carbons (Fsp3) is 0.375. The molecule has 1 aromatic rings. The van der Waals surface area contributed by atoms with Crippen LogP contribution in [-0.4, -0.2) is 31.6 Å².